The number of carboxylic acid groups (broad SMARTS) is 1. The number of phenolic OH excluding ortho intramolecular Hbond substituents is 1. The molecule has 0 aliphatic rings. The average molecular weight is 706 g/mol. The van der Waals surface area contributed by atoms with Crippen LogP contribution in [0.1, 0.15) is 32.4 Å². The summed E-state index contributed by atoms with van der Waals surface area (Å²) < 4.78 is 10.2. The third-order valence-electron chi connectivity index (χ3n) is 6.69. The number of carbonyl (C=O) groups is 2. The first-order valence-electron chi connectivity index (χ1n) is 14.8. The highest BCUT2D eigenvalue weighted by molar-refractivity contribution is 9.08. The molecule has 2 heterocycles. The van der Waals surface area contributed by atoms with Gasteiger partial charge in [0, 0.05) is 5.33 Å². The van der Waals surface area contributed by atoms with E-state index in [1.54, 1.807) is 36.4 Å². The minimum Gasteiger partial charge on any atom is -0.508 e. The van der Waals surface area contributed by atoms with Crippen molar-refractivity contribution < 1.29 is 29.3 Å². The van der Waals surface area contributed by atoms with Crippen LogP contribution in [0.3, 0.4) is 0 Å². The first kappa shape index (κ1) is 35.1. The van der Waals surface area contributed by atoms with Gasteiger partial charge in [0.25, 0.3) is 0 Å². The number of aromatic carboxylic acids is 1. The van der Waals surface area contributed by atoms with E-state index >= 15 is 0 Å². The predicted octanol–water partition coefficient (Wildman–Crippen LogP) is 8.85. The summed E-state index contributed by atoms with van der Waals surface area (Å²) in [4.78, 5) is 29.9. The molecule has 0 unspecified atom stereocenters. The highest BCUT2D eigenvalue weighted by Crippen LogP contribution is 2.23. The molecule has 0 atom stereocenters. The zero-order valence-electron chi connectivity index (χ0n) is 26.1. The number of ether oxygens (including phenoxy) is 2. The molecule has 48 heavy (non-hydrogen) atoms. The highest BCUT2D eigenvalue weighted by atomic mass is 79.9. The summed E-state index contributed by atoms with van der Waals surface area (Å²) >= 11 is 3.25. The molecule has 0 saturated heterocycles. The topological polar surface area (TPSA) is 119 Å². The normalized spacial score (nSPS) is 9.96. The number of methoxy groups -OCH3 is 1. The monoisotopic (exact) mass is 704 g/mol. The van der Waals surface area contributed by atoms with E-state index in [0.29, 0.717) is 28.2 Å². The van der Waals surface area contributed by atoms with Gasteiger partial charge in [-0.05, 0) is 70.8 Å². The number of alkyl halides is 1. The molecule has 6 aromatic rings. The lowest BCUT2D eigenvalue weighted by molar-refractivity contribution is 0.0593. The van der Waals surface area contributed by atoms with Gasteiger partial charge in [0.2, 0.25) is 0 Å². The summed E-state index contributed by atoms with van der Waals surface area (Å²) in [7, 11) is 1.34. The van der Waals surface area contributed by atoms with Crippen LogP contribution in [0.15, 0.2) is 146 Å². The van der Waals surface area contributed by atoms with Crippen LogP contribution >= 0.6 is 15.9 Å². The minimum absolute atomic E-state index is 0.0190. The molecule has 8 nitrogen and oxygen atoms in total. The molecule has 9 heteroatoms. The number of carbonyl (C=O) groups excluding carboxylic acids is 1. The van der Waals surface area contributed by atoms with Crippen LogP contribution in [0.4, 0.5) is 0 Å². The van der Waals surface area contributed by atoms with Crippen molar-refractivity contribution in [3.63, 3.8) is 0 Å². The Bertz CT molecular complexity index is 1890. The number of hydrogen-bond acceptors (Lipinski definition) is 7. The van der Waals surface area contributed by atoms with Crippen molar-refractivity contribution in [1.29, 1.82) is 0 Å². The number of aromatic nitrogens is 2. The number of aromatic hydroxyl groups is 1. The molecule has 2 N–H and O–H groups in total. The lowest BCUT2D eigenvalue weighted by Gasteiger charge is -2.07. The van der Waals surface area contributed by atoms with Gasteiger partial charge in [-0.3, -0.25) is 0 Å². The van der Waals surface area contributed by atoms with E-state index < -0.39 is 11.9 Å². The van der Waals surface area contributed by atoms with Gasteiger partial charge in [-0.1, -0.05) is 113 Å². The summed E-state index contributed by atoms with van der Waals surface area (Å²) in [5.41, 5.74) is 6.31. The van der Waals surface area contributed by atoms with Crippen LogP contribution in [-0.4, -0.2) is 39.2 Å². The van der Waals surface area contributed by atoms with E-state index in [-0.39, 0.29) is 12.3 Å². The van der Waals surface area contributed by atoms with Crippen LogP contribution in [0.5, 0.6) is 11.5 Å². The van der Waals surface area contributed by atoms with Gasteiger partial charge >= 0.3 is 11.9 Å². The smallest absolute Gasteiger partial charge is 0.356 e. The Labute approximate surface area is 287 Å². The van der Waals surface area contributed by atoms with Crippen molar-refractivity contribution in [2.24, 2.45) is 0 Å². The van der Waals surface area contributed by atoms with Crippen molar-refractivity contribution in [1.82, 2.24) is 9.97 Å². The fraction of sp³-hybridized carbons (Fsp3) is 0.0769. The first-order valence-corrected chi connectivity index (χ1v) is 15.9. The van der Waals surface area contributed by atoms with E-state index in [1.807, 2.05) is 91.0 Å². The standard InChI is InChI=1S/C19H15NO3.C12H10O.C8H8BrNO2/c21-19(22)18-8-4-7-16(20-18)13-23-17-11-9-15(10-12-17)14-5-2-1-3-6-14;13-12-8-6-11(7-9-12)10-4-2-1-3-5-10;1-12-8(11)7-4-2-3-6(5-9)10-7/h1-12H,13H2,(H,21,22);1-9,13H;2-4H,5H2,1H3. The molecule has 4 aromatic carbocycles. The third kappa shape index (κ3) is 10.9. The van der Waals surface area contributed by atoms with Crippen LogP contribution in [-0.2, 0) is 16.7 Å². The van der Waals surface area contributed by atoms with Gasteiger partial charge < -0.3 is 19.7 Å². The fourth-order valence-corrected chi connectivity index (χ4v) is 4.58. The second-order valence-corrected chi connectivity index (χ2v) is 10.6. The molecule has 0 aliphatic heterocycles. The number of nitrogens with zero attached hydrogens (tertiary/aromatic N) is 2. The second-order valence-electron chi connectivity index (χ2n) is 10.1. The summed E-state index contributed by atoms with van der Waals surface area (Å²) in [6.07, 6.45) is 0. The maximum absolute atomic E-state index is 11.0. The Balaban J connectivity index is 0.000000177. The van der Waals surface area contributed by atoms with Crippen molar-refractivity contribution in [2.75, 3.05) is 7.11 Å². The van der Waals surface area contributed by atoms with Crippen LogP contribution in [0, 0.1) is 0 Å². The molecule has 0 radical (unpaired) electrons. The number of carboxylic acids is 1. The zero-order valence-corrected chi connectivity index (χ0v) is 27.7. The molecular formula is C39H33BrN2O6. The molecule has 0 spiro atoms. The Hall–Kier alpha value is -5.80. The van der Waals surface area contributed by atoms with Gasteiger partial charge in [-0.25, -0.2) is 19.6 Å². The van der Waals surface area contributed by atoms with Gasteiger partial charge in [-0.2, -0.15) is 0 Å². The van der Waals surface area contributed by atoms with Crippen molar-refractivity contribution in [2.45, 2.75) is 11.9 Å². The van der Waals surface area contributed by atoms with E-state index in [9.17, 15) is 9.59 Å². The van der Waals surface area contributed by atoms with Crippen LogP contribution in [0.25, 0.3) is 22.3 Å². The van der Waals surface area contributed by atoms with Crippen molar-refractivity contribution in [3.05, 3.63) is 168 Å². The number of phenols is 1. The van der Waals surface area contributed by atoms with Crippen LogP contribution in [0.2, 0.25) is 0 Å². The van der Waals surface area contributed by atoms with Crippen LogP contribution < -0.4 is 4.74 Å². The van der Waals surface area contributed by atoms with Crippen molar-refractivity contribution in [3.8, 4) is 33.8 Å². The Morgan fingerprint density at radius 2 is 1.08 bits per heavy atom. The molecule has 0 amide bonds. The van der Waals surface area contributed by atoms with Gasteiger partial charge in [0.1, 0.15) is 29.5 Å². The SMILES string of the molecule is COC(=O)c1cccc(CBr)n1.O=C(O)c1cccc(COc2ccc(-c3ccccc3)cc2)n1.Oc1ccc(-c2ccccc2)cc1. The van der Waals surface area contributed by atoms with E-state index in [1.165, 1.54) is 18.7 Å². The van der Waals surface area contributed by atoms with E-state index in [4.69, 9.17) is 14.9 Å². The fourth-order valence-electron chi connectivity index (χ4n) is 4.27. The molecule has 0 bridgehead atoms. The largest absolute Gasteiger partial charge is 0.508 e. The molecule has 0 fully saturated rings. The zero-order chi connectivity index (χ0) is 34.1. The Morgan fingerprint density at radius 1 is 0.604 bits per heavy atom. The maximum Gasteiger partial charge on any atom is 0.356 e. The number of benzene rings is 4. The van der Waals surface area contributed by atoms with E-state index in [2.05, 4.69) is 42.8 Å². The molecular weight excluding hydrogens is 672 g/mol. The number of rotatable bonds is 8. The number of hydrogen-bond donors (Lipinski definition) is 2. The maximum atomic E-state index is 11.0. The average Bonchev–Trinajstić information content (AvgIpc) is 3.15. The van der Waals surface area contributed by atoms with Gasteiger partial charge in [-0.15, -0.1) is 0 Å². The van der Waals surface area contributed by atoms with Gasteiger partial charge in [0.05, 0.1) is 18.5 Å². The van der Waals surface area contributed by atoms with Crippen molar-refractivity contribution >= 4 is 27.9 Å². The molecule has 242 valence electrons. The van der Waals surface area contributed by atoms with Gasteiger partial charge in [0.15, 0.2) is 0 Å². The Kier molecular flexibility index (Phi) is 13.4. The second kappa shape index (κ2) is 18.4. The minimum atomic E-state index is -1.04. The highest BCUT2D eigenvalue weighted by Gasteiger charge is 2.07. The summed E-state index contributed by atoms with van der Waals surface area (Å²) in [5.74, 6) is -0.427. The van der Waals surface area contributed by atoms with E-state index in [0.717, 1.165) is 22.4 Å². The number of pyridine rings is 2. The predicted molar refractivity (Wildman–Crippen MR) is 189 cm³/mol. The Morgan fingerprint density at radius 3 is 1.60 bits per heavy atom. The third-order valence-corrected chi connectivity index (χ3v) is 7.26. The lowest BCUT2D eigenvalue weighted by Crippen LogP contribution is -2.04. The molecule has 2 aromatic heterocycles. The molecule has 6 rings (SSSR count). The molecule has 0 aliphatic carbocycles. The lowest BCUT2D eigenvalue weighted by atomic mass is 10.1. The number of halogens is 1. The molecule has 0 saturated carbocycles. The first-order chi connectivity index (χ1) is 23.4. The summed E-state index contributed by atoms with van der Waals surface area (Å²) in [6.45, 7) is 0.228. The quantitative estimate of drug-likeness (QED) is 0.119. The summed E-state index contributed by atoms with van der Waals surface area (Å²) in [5, 5.41) is 18.7. The summed E-state index contributed by atoms with van der Waals surface area (Å²) in [6, 6.07) is 45.3. The number of esters is 1.